The largest absolute Gasteiger partial charge is 0.376 e. The van der Waals surface area contributed by atoms with Gasteiger partial charge in [-0.2, -0.15) is 5.26 Å². The maximum atomic E-state index is 12.9. The van der Waals surface area contributed by atoms with Gasteiger partial charge in [0.15, 0.2) is 0 Å². The molecule has 3 heterocycles. The molecule has 29 heavy (non-hydrogen) atoms. The number of likely N-dealkylation sites (N-methyl/N-ethyl adjacent to an activating group) is 1. The van der Waals surface area contributed by atoms with Gasteiger partial charge in [0, 0.05) is 26.4 Å². The number of nitrogens with zero attached hydrogens (tertiary/aromatic N) is 4. The van der Waals surface area contributed by atoms with Crippen molar-refractivity contribution >= 4 is 17.6 Å². The Labute approximate surface area is 172 Å². The van der Waals surface area contributed by atoms with Crippen molar-refractivity contribution in [1.29, 1.82) is 5.26 Å². The van der Waals surface area contributed by atoms with E-state index in [9.17, 15) is 14.9 Å². The molecule has 0 spiro atoms. The third-order valence-corrected chi connectivity index (χ3v) is 6.05. The van der Waals surface area contributed by atoms with Crippen LogP contribution in [-0.4, -0.2) is 72.1 Å². The fraction of sp³-hybridized carbons (Fsp3) is 0.667. The summed E-state index contributed by atoms with van der Waals surface area (Å²) < 4.78 is 7.75. The lowest BCUT2D eigenvalue weighted by atomic mass is 10.2. The van der Waals surface area contributed by atoms with Crippen LogP contribution in [0.5, 0.6) is 0 Å². The van der Waals surface area contributed by atoms with Crippen LogP contribution in [0, 0.1) is 25.2 Å². The van der Waals surface area contributed by atoms with Gasteiger partial charge in [-0.3, -0.25) is 14.5 Å². The van der Waals surface area contributed by atoms with E-state index < -0.39 is 0 Å². The summed E-state index contributed by atoms with van der Waals surface area (Å²) in [7, 11) is 3.48. The predicted octanol–water partition coefficient (Wildman–Crippen LogP) is 1.65. The molecule has 2 aliphatic rings. The molecule has 1 aromatic rings. The average molecular weight is 402 g/mol. The fourth-order valence-electron chi connectivity index (χ4n) is 4.30. The van der Waals surface area contributed by atoms with Gasteiger partial charge in [-0.15, -0.1) is 0 Å². The Morgan fingerprint density at radius 2 is 2.03 bits per heavy atom. The number of likely N-dealkylation sites (tertiary alicyclic amines) is 1. The van der Waals surface area contributed by atoms with Gasteiger partial charge in [-0.05, 0) is 51.6 Å². The number of carbonyl (C=O) groups excluding carboxylic acids is 2. The predicted molar refractivity (Wildman–Crippen MR) is 110 cm³/mol. The number of aromatic nitrogens is 1. The summed E-state index contributed by atoms with van der Waals surface area (Å²) in [6.45, 7) is 6.10. The zero-order valence-corrected chi connectivity index (χ0v) is 17.8. The molecule has 2 atom stereocenters. The van der Waals surface area contributed by atoms with E-state index in [0.29, 0.717) is 17.9 Å². The van der Waals surface area contributed by atoms with Crippen molar-refractivity contribution in [2.45, 2.75) is 58.2 Å². The standard InChI is InChI=1S/C21H31N5O3/c1-14-15(2)26(12-16-7-6-10-29-16)20(17(14)11-22)23-19(27)13-25-9-5-8-18(25)21(28)24(3)4/h16,18H,5-10,12-13H2,1-4H3,(H,23,27). The molecule has 1 N–H and O–H groups in total. The van der Waals surface area contributed by atoms with Crippen molar-refractivity contribution in [2.24, 2.45) is 0 Å². The summed E-state index contributed by atoms with van der Waals surface area (Å²) >= 11 is 0. The molecule has 2 amide bonds. The van der Waals surface area contributed by atoms with Crippen molar-refractivity contribution in [3.8, 4) is 6.07 Å². The first-order chi connectivity index (χ1) is 13.8. The Morgan fingerprint density at radius 3 is 2.66 bits per heavy atom. The van der Waals surface area contributed by atoms with Crippen molar-refractivity contribution in [1.82, 2.24) is 14.4 Å². The molecule has 2 aliphatic heterocycles. The highest BCUT2D eigenvalue weighted by atomic mass is 16.5. The Bertz CT molecular complexity index is 817. The Balaban J connectivity index is 1.76. The second-order valence-corrected chi connectivity index (χ2v) is 8.20. The van der Waals surface area contributed by atoms with Crippen LogP contribution in [0.25, 0.3) is 0 Å². The lowest BCUT2D eigenvalue weighted by Crippen LogP contribution is -2.45. The number of nitrogens with one attached hydrogen (secondary N) is 1. The quantitative estimate of drug-likeness (QED) is 0.783. The zero-order chi connectivity index (χ0) is 21.1. The molecule has 8 heteroatoms. The lowest BCUT2D eigenvalue weighted by Gasteiger charge is -2.25. The first kappa shape index (κ1) is 21.3. The first-order valence-electron chi connectivity index (χ1n) is 10.3. The number of hydrogen-bond acceptors (Lipinski definition) is 5. The van der Waals surface area contributed by atoms with E-state index in [1.807, 2.05) is 23.3 Å². The number of hydrogen-bond donors (Lipinski definition) is 1. The molecular weight excluding hydrogens is 370 g/mol. The van der Waals surface area contributed by atoms with Crippen molar-refractivity contribution in [3.05, 3.63) is 16.8 Å². The van der Waals surface area contributed by atoms with Crippen LogP contribution in [0.3, 0.4) is 0 Å². The number of anilines is 1. The highest BCUT2D eigenvalue weighted by Gasteiger charge is 2.33. The molecule has 3 rings (SSSR count). The van der Waals surface area contributed by atoms with Crippen LogP contribution in [0.4, 0.5) is 5.82 Å². The maximum absolute atomic E-state index is 12.9. The minimum absolute atomic E-state index is 0.0291. The summed E-state index contributed by atoms with van der Waals surface area (Å²) in [5, 5.41) is 12.6. The molecule has 158 valence electrons. The highest BCUT2D eigenvalue weighted by Crippen LogP contribution is 2.28. The number of amides is 2. The van der Waals surface area contributed by atoms with Crippen LogP contribution in [-0.2, 0) is 20.9 Å². The first-order valence-corrected chi connectivity index (χ1v) is 10.3. The van der Waals surface area contributed by atoms with Crippen molar-refractivity contribution in [2.75, 3.05) is 39.1 Å². The molecule has 2 unspecified atom stereocenters. The van der Waals surface area contributed by atoms with E-state index in [1.54, 1.807) is 19.0 Å². The van der Waals surface area contributed by atoms with E-state index in [2.05, 4.69) is 11.4 Å². The van der Waals surface area contributed by atoms with Gasteiger partial charge >= 0.3 is 0 Å². The molecule has 0 saturated carbocycles. The smallest absolute Gasteiger partial charge is 0.239 e. The number of nitriles is 1. The summed E-state index contributed by atoms with van der Waals surface area (Å²) in [5.74, 6) is 0.366. The summed E-state index contributed by atoms with van der Waals surface area (Å²) in [4.78, 5) is 28.7. The Hall–Kier alpha value is -2.37. The van der Waals surface area contributed by atoms with Gasteiger partial charge in [-0.25, -0.2) is 0 Å². The minimum atomic E-state index is -0.256. The Morgan fingerprint density at radius 1 is 1.28 bits per heavy atom. The molecule has 8 nitrogen and oxygen atoms in total. The summed E-state index contributed by atoms with van der Waals surface area (Å²) in [6.07, 6.45) is 3.78. The molecule has 0 aliphatic carbocycles. The zero-order valence-electron chi connectivity index (χ0n) is 17.8. The number of ether oxygens (including phenoxy) is 1. The van der Waals surface area contributed by atoms with Crippen LogP contribution >= 0.6 is 0 Å². The maximum Gasteiger partial charge on any atom is 0.239 e. The average Bonchev–Trinajstić information content (AvgIpc) is 3.40. The third kappa shape index (κ3) is 4.46. The number of rotatable bonds is 6. The van der Waals surface area contributed by atoms with Crippen LogP contribution in [0.15, 0.2) is 0 Å². The van der Waals surface area contributed by atoms with Gasteiger partial charge in [0.05, 0.1) is 30.8 Å². The topological polar surface area (TPSA) is 90.6 Å². The van der Waals surface area contributed by atoms with Crippen LogP contribution in [0.1, 0.15) is 42.5 Å². The van der Waals surface area contributed by atoms with Gasteiger partial charge in [-0.1, -0.05) is 0 Å². The van der Waals surface area contributed by atoms with Gasteiger partial charge in [0.1, 0.15) is 11.9 Å². The molecule has 0 radical (unpaired) electrons. The second kappa shape index (κ2) is 8.97. The summed E-state index contributed by atoms with van der Waals surface area (Å²) in [6, 6.07) is 1.98. The van der Waals surface area contributed by atoms with E-state index >= 15 is 0 Å². The van der Waals surface area contributed by atoms with Gasteiger partial charge < -0.3 is 19.5 Å². The molecule has 1 aromatic heterocycles. The molecule has 0 aromatic carbocycles. The number of carbonyl (C=O) groups is 2. The van der Waals surface area contributed by atoms with E-state index in [1.165, 1.54) is 0 Å². The Kier molecular flexibility index (Phi) is 6.60. The van der Waals surface area contributed by atoms with Crippen molar-refractivity contribution < 1.29 is 14.3 Å². The summed E-state index contributed by atoms with van der Waals surface area (Å²) in [5.41, 5.74) is 2.34. The molecule has 2 saturated heterocycles. The minimum Gasteiger partial charge on any atom is -0.376 e. The van der Waals surface area contributed by atoms with E-state index in [0.717, 1.165) is 50.1 Å². The SMILES string of the molecule is Cc1c(C#N)c(NC(=O)CN2CCCC2C(=O)N(C)C)n(CC2CCCO2)c1C. The molecule has 2 fully saturated rings. The monoisotopic (exact) mass is 401 g/mol. The molecular formula is C21H31N5O3. The molecule has 0 bridgehead atoms. The highest BCUT2D eigenvalue weighted by molar-refractivity contribution is 5.94. The lowest BCUT2D eigenvalue weighted by molar-refractivity contribution is -0.133. The second-order valence-electron chi connectivity index (χ2n) is 8.20. The van der Waals surface area contributed by atoms with Gasteiger partial charge in [0.2, 0.25) is 11.8 Å². The van der Waals surface area contributed by atoms with Crippen molar-refractivity contribution in [3.63, 3.8) is 0 Å². The van der Waals surface area contributed by atoms with Gasteiger partial charge in [0.25, 0.3) is 0 Å². The van der Waals surface area contributed by atoms with Crippen LogP contribution < -0.4 is 5.32 Å². The fourth-order valence-corrected chi connectivity index (χ4v) is 4.30. The van der Waals surface area contributed by atoms with E-state index in [4.69, 9.17) is 4.74 Å². The van der Waals surface area contributed by atoms with Crippen LogP contribution in [0.2, 0.25) is 0 Å². The third-order valence-electron chi connectivity index (χ3n) is 6.05. The van der Waals surface area contributed by atoms with E-state index in [-0.39, 0.29) is 30.5 Å². The normalized spacial score (nSPS) is 21.9.